The van der Waals surface area contributed by atoms with Gasteiger partial charge in [0.25, 0.3) is 0 Å². The molecule has 0 spiro atoms. The van der Waals surface area contributed by atoms with Gasteiger partial charge in [-0.3, -0.25) is 4.79 Å². The van der Waals surface area contributed by atoms with Gasteiger partial charge in [0, 0.05) is 12.8 Å². The fourth-order valence-electron chi connectivity index (χ4n) is 2.38. The monoisotopic (exact) mass is 214 g/mol. The first-order valence-corrected chi connectivity index (χ1v) is 5.70. The van der Waals surface area contributed by atoms with Crippen LogP contribution in [0.15, 0.2) is 0 Å². The van der Waals surface area contributed by atoms with Gasteiger partial charge in [0.15, 0.2) is 0 Å². The molecular formula is C12H22O3. The smallest absolute Gasteiger partial charge is 0.303 e. The second-order valence-electron chi connectivity index (χ2n) is 5.25. The molecule has 1 fully saturated rings. The number of hydrogen-bond donors (Lipinski definition) is 1. The van der Waals surface area contributed by atoms with E-state index < -0.39 is 5.60 Å². The Morgan fingerprint density at radius 2 is 2.00 bits per heavy atom. The first kappa shape index (κ1) is 12.5. The van der Waals surface area contributed by atoms with Gasteiger partial charge in [-0.25, -0.2) is 0 Å². The van der Waals surface area contributed by atoms with Gasteiger partial charge in [-0.2, -0.15) is 0 Å². The third kappa shape index (κ3) is 3.20. The van der Waals surface area contributed by atoms with Crippen molar-refractivity contribution in [2.75, 3.05) is 0 Å². The highest BCUT2D eigenvalue weighted by molar-refractivity contribution is 5.66. The Hall–Kier alpha value is -0.570. The SMILES string of the molecule is CC(=O)OC(C)(C)C1CCC(C)C(O)C1. The fraction of sp³-hybridized carbons (Fsp3) is 0.917. The summed E-state index contributed by atoms with van der Waals surface area (Å²) >= 11 is 0. The minimum atomic E-state index is -0.451. The number of ether oxygens (including phenoxy) is 1. The summed E-state index contributed by atoms with van der Waals surface area (Å²) in [6.45, 7) is 7.37. The molecule has 1 N–H and O–H groups in total. The maximum absolute atomic E-state index is 11.0. The zero-order valence-electron chi connectivity index (χ0n) is 10.1. The Balaban J connectivity index is 2.60. The molecule has 1 saturated carbocycles. The molecule has 0 bridgehead atoms. The third-order valence-corrected chi connectivity index (χ3v) is 3.54. The van der Waals surface area contributed by atoms with Gasteiger partial charge in [-0.1, -0.05) is 6.92 Å². The standard InChI is InChI=1S/C12H22O3/c1-8-5-6-10(7-11(8)14)12(3,4)15-9(2)13/h8,10-11,14H,5-7H2,1-4H3. The van der Waals surface area contributed by atoms with Crippen LogP contribution in [0.25, 0.3) is 0 Å². The van der Waals surface area contributed by atoms with Crippen molar-refractivity contribution in [3.8, 4) is 0 Å². The largest absolute Gasteiger partial charge is 0.460 e. The quantitative estimate of drug-likeness (QED) is 0.716. The zero-order valence-corrected chi connectivity index (χ0v) is 10.1. The van der Waals surface area contributed by atoms with E-state index in [-0.39, 0.29) is 18.0 Å². The van der Waals surface area contributed by atoms with Crippen LogP contribution in [-0.4, -0.2) is 22.8 Å². The van der Waals surface area contributed by atoms with Gasteiger partial charge in [-0.05, 0) is 39.0 Å². The van der Waals surface area contributed by atoms with E-state index in [1.807, 2.05) is 13.8 Å². The summed E-state index contributed by atoms with van der Waals surface area (Å²) in [5, 5.41) is 9.81. The van der Waals surface area contributed by atoms with Crippen LogP contribution in [0.3, 0.4) is 0 Å². The Bertz CT molecular complexity index is 235. The third-order valence-electron chi connectivity index (χ3n) is 3.54. The lowest BCUT2D eigenvalue weighted by molar-refractivity contribution is -0.162. The number of aliphatic hydroxyl groups is 1. The number of hydrogen-bond acceptors (Lipinski definition) is 3. The van der Waals surface area contributed by atoms with Crippen LogP contribution in [0.1, 0.15) is 47.0 Å². The molecule has 0 radical (unpaired) electrons. The highest BCUT2D eigenvalue weighted by Gasteiger charge is 2.38. The maximum Gasteiger partial charge on any atom is 0.303 e. The summed E-state index contributed by atoms with van der Waals surface area (Å²) < 4.78 is 5.31. The number of carbonyl (C=O) groups excluding carboxylic acids is 1. The van der Waals surface area contributed by atoms with Crippen molar-refractivity contribution in [2.24, 2.45) is 11.8 Å². The van der Waals surface area contributed by atoms with E-state index in [0.29, 0.717) is 5.92 Å². The first-order valence-electron chi connectivity index (χ1n) is 5.70. The van der Waals surface area contributed by atoms with Gasteiger partial charge in [0.1, 0.15) is 5.60 Å². The summed E-state index contributed by atoms with van der Waals surface area (Å²) in [6, 6.07) is 0. The Morgan fingerprint density at radius 1 is 1.40 bits per heavy atom. The molecule has 0 aromatic rings. The predicted molar refractivity (Wildman–Crippen MR) is 58.4 cm³/mol. The van der Waals surface area contributed by atoms with Crippen LogP contribution in [0, 0.1) is 11.8 Å². The highest BCUT2D eigenvalue weighted by atomic mass is 16.6. The van der Waals surface area contributed by atoms with E-state index >= 15 is 0 Å². The van der Waals surface area contributed by atoms with Crippen molar-refractivity contribution in [3.05, 3.63) is 0 Å². The molecule has 3 atom stereocenters. The molecular weight excluding hydrogens is 192 g/mol. The van der Waals surface area contributed by atoms with Crippen LogP contribution in [0.5, 0.6) is 0 Å². The topological polar surface area (TPSA) is 46.5 Å². The average molecular weight is 214 g/mol. The van der Waals surface area contributed by atoms with Crippen molar-refractivity contribution >= 4 is 5.97 Å². The molecule has 0 amide bonds. The minimum Gasteiger partial charge on any atom is -0.460 e. The molecule has 1 rings (SSSR count). The normalized spacial score (nSPS) is 32.5. The number of carbonyl (C=O) groups is 1. The lowest BCUT2D eigenvalue weighted by Gasteiger charge is -2.40. The van der Waals surface area contributed by atoms with E-state index in [1.165, 1.54) is 6.92 Å². The van der Waals surface area contributed by atoms with Crippen LogP contribution < -0.4 is 0 Å². The zero-order chi connectivity index (χ0) is 11.6. The van der Waals surface area contributed by atoms with E-state index in [1.54, 1.807) is 0 Å². The molecule has 3 heteroatoms. The maximum atomic E-state index is 11.0. The van der Waals surface area contributed by atoms with Crippen LogP contribution in [0.2, 0.25) is 0 Å². The molecule has 3 nitrogen and oxygen atoms in total. The summed E-state index contributed by atoms with van der Waals surface area (Å²) in [5.74, 6) is 0.398. The lowest BCUT2D eigenvalue weighted by Crippen LogP contribution is -2.42. The molecule has 15 heavy (non-hydrogen) atoms. The molecule has 0 heterocycles. The first-order chi connectivity index (χ1) is 6.83. The van der Waals surface area contributed by atoms with Gasteiger partial charge in [0.2, 0.25) is 0 Å². The highest BCUT2D eigenvalue weighted by Crippen LogP contribution is 2.37. The molecule has 0 aliphatic heterocycles. The Morgan fingerprint density at radius 3 is 2.47 bits per heavy atom. The van der Waals surface area contributed by atoms with Crippen LogP contribution in [0.4, 0.5) is 0 Å². The average Bonchev–Trinajstić information content (AvgIpc) is 2.07. The van der Waals surface area contributed by atoms with Gasteiger partial charge in [0.05, 0.1) is 6.10 Å². The van der Waals surface area contributed by atoms with Crippen molar-refractivity contribution < 1.29 is 14.6 Å². The van der Waals surface area contributed by atoms with E-state index in [9.17, 15) is 9.90 Å². The second kappa shape index (κ2) is 4.52. The van der Waals surface area contributed by atoms with Gasteiger partial charge >= 0.3 is 5.97 Å². The molecule has 1 aliphatic rings. The van der Waals surface area contributed by atoms with Gasteiger partial charge in [-0.15, -0.1) is 0 Å². The molecule has 0 aromatic heterocycles. The minimum absolute atomic E-state index is 0.242. The fourth-order valence-corrected chi connectivity index (χ4v) is 2.38. The van der Waals surface area contributed by atoms with Crippen LogP contribution in [-0.2, 0) is 9.53 Å². The van der Waals surface area contributed by atoms with E-state index in [4.69, 9.17) is 4.74 Å². The van der Waals surface area contributed by atoms with Gasteiger partial charge < -0.3 is 9.84 Å². The van der Waals surface area contributed by atoms with Crippen molar-refractivity contribution in [1.29, 1.82) is 0 Å². The molecule has 0 saturated heterocycles. The van der Waals surface area contributed by atoms with E-state index in [0.717, 1.165) is 19.3 Å². The lowest BCUT2D eigenvalue weighted by atomic mass is 9.74. The Kier molecular flexibility index (Phi) is 3.77. The predicted octanol–water partition coefficient (Wildman–Crippen LogP) is 2.13. The number of rotatable bonds is 2. The summed E-state index contributed by atoms with van der Waals surface area (Å²) in [7, 11) is 0. The van der Waals surface area contributed by atoms with Crippen LogP contribution >= 0.6 is 0 Å². The molecule has 0 aromatic carbocycles. The summed E-state index contributed by atoms with van der Waals surface area (Å²) in [6.07, 6.45) is 2.52. The van der Waals surface area contributed by atoms with E-state index in [2.05, 4.69) is 6.92 Å². The number of esters is 1. The molecule has 1 aliphatic carbocycles. The van der Waals surface area contributed by atoms with Crippen molar-refractivity contribution in [1.82, 2.24) is 0 Å². The van der Waals surface area contributed by atoms with Crippen molar-refractivity contribution in [3.63, 3.8) is 0 Å². The summed E-state index contributed by atoms with van der Waals surface area (Å²) in [5.41, 5.74) is -0.451. The van der Waals surface area contributed by atoms with Crippen molar-refractivity contribution in [2.45, 2.75) is 58.7 Å². The summed E-state index contributed by atoms with van der Waals surface area (Å²) in [4.78, 5) is 11.0. The molecule has 88 valence electrons. The number of aliphatic hydroxyl groups excluding tert-OH is 1. The Labute approximate surface area is 91.8 Å². The second-order valence-corrected chi connectivity index (χ2v) is 5.25. The molecule has 3 unspecified atom stereocenters.